The number of aryl methyl sites for hydroxylation is 3. The van der Waals surface area contributed by atoms with Crippen molar-refractivity contribution in [1.29, 1.82) is 0 Å². The Morgan fingerprint density at radius 1 is 1.08 bits per heavy atom. The minimum absolute atomic E-state index is 0.803. The molecule has 1 aromatic heterocycles. The average molecular weight is 347 g/mol. The third kappa shape index (κ3) is 2.77. The monoisotopic (exact) mass is 347 g/mol. The molecule has 0 unspecified atom stereocenters. The van der Waals surface area contributed by atoms with Crippen LogP contribution in [0.3, 0.4) is 0 Å². The van der Waals surface area contributed by atoms with Gasteiger partial charge in [0.25, 0.3) is 5.52 Å². The fourth-order valence-electron chi connectivity index (χ4n) is 3.30. The Kier molecular flexibility index (Phi) is 4.03. The molecule has 3 aromatic rings. The van der Waals surface area contributed by atoms with Crippen LogP contribution in [-0.4, -0.2) is 6.54 Å². The number of nitrogens with zero attached hydrogens (tertiary/aromatic N) is 2. The van der Waals surface area contributed by atoms with E-state index < -0.39 is 0 Å². The molecule has 0 radical (unpaired) electrons. The largest absolute Gasteiger partial charge is 0.439 e. The van der Waals surface area contributed by atoms with Gasteiger partial charge in [0, 0.05) is 12.6 Å². The highest BCUT2D eigenvalue weighted by Crippen LogP contribution is 2.39. The lowest BCUT2D eigenvalue weighted by atomic mass is 10.2. The summed E-state index contributed by atoms with van der Waals surface area (Å²) in [6, 6.07) is 12.5. The standard InChI is InChI=1S/C22H23N2O2/c1-5-24-18-14-16(3)10-12-20(18)26-22(24)8-6-7-21-23(4)17-13-15(2)9-11-19(17)25-21/h6-14H,5H2,1-4H3/q+1. The van der Waals surface area contributed by atoms with Crippen molar-refractivity contribution in [2.24, 2.45) is 7.05 Å². The third-order valence-corrected chi connectivity index (χ3v) is 4.70. The molecular weight excluding hydrogens is 324 g/mol. The van der Waals surface area contributed by atoms with Crippen LogP contribution in [0.25, 0.3) is 17.2 Å². The third-order valence-electron chi connectivity index (χ3n) is 4.70. The number of oxazole rings is 1. The van der Waals surface area contributed by atoms with E-state index in [-0.39, 0.29) is 0 Å². The Balaban J connectivity index is 1.63. The molecule has 4 nitrogen and oxygen atoms in total. The first-order valence-electron chi connectivity index (χ1n) is 8.90. The van der Waals surface area contributed by atoms with Crippen LogP contribution in [0.5, 0.6) is 5.75 Å². The van der Waals surface area contributed by atoms with Crippen molar-refractivity contribution >= 4 is 22.9 Å². The molecule has 0 aliphatic carbocycles. The second kappa shape index (κ2) is 6.37. The molecule has 0 atom stereocenters. The summed E-state index contributed by atoms with van der Waals surface area (Å²) in [7, 11) is 2.02. The van der Waals surface area contributed by atoms with Crippen LogP contribution in [0.1, 0.15) is 23.9 Å². The van der Waals surface area contributed by atoms with Crippen LogP contribution >= 0.6 is 0 Å². The molecule has 26 heavy (non-hydrogen) atoms. The highest BCUT2D eigenvalue weighted by Gasteiger charge is 2.24. The Morgan fingerprint density at radius 3 is 2.65 bits per heavy atom. The SMILES string of the molecule is CCN1/C(=C/C=C/c2oc3ccc(C)cc3[n+]2C)Oc2ccc(C)cc21. The van der Waals surface area contributed by atoms with Gasteiger partial charge in [-0.25, -0.2) is 0 Å². The molecule has 1 aliphatic rings. The number of aromatic nitrogens is 1. The lowest BCUT2D eigenvalue weighted by Crippen LogP contribution is -2.29. The van der Waals surface area contributed by atoms with Gasteiger partial charge >= 0.3 is 5.89 Å². The second-order valence-electron chi connectivity index (χ2n) is 6.65. The molecular formula is C22H23N2O2+. The van der Waals surface area contributed by atoms with Gasteiger partial charge in [0.15, 0.2) is 5.75 Å². The summed E-state index contributed by atoms with van der Waals surface area (Å²) >= 11 is 0. The molecule has 2 aromatic carbocycles. The summed E-state index contributed by atoms with van der Waals surface area (Å²) in [5.41, 5.74) is 5.55. The van der Waals surface area contributed by atoms with Crippen molar-refractivity contribution in [2.45, 2.75) is 20.8 Å². The van der Waals surface area contributed by atoms with E-state index in [0.29, 0.717) is 0 Å². The summed E-state index contributed by atoms with van der Waals surface area (Å²) in [5, 5.41) is 0. The summed E-state index contributed by atoms with van der Waals surface area (Å²) in [6.45, 7) is 7.16. The van der Waals surface area contributed by atoms with Crippen molar-refractivity contribution in [3.05, 3.63) is 71.5 Å². The van der Waals surface area contributed by atoms with Crippen molar-refractivity contribution in [2.75, 3.05) is 11.4 Å². The lowest BCUT2D eigenvalue weighted by Gasteiger charge is -2.15. The fraction of sp³-hybridized carbons (Fsp3) is 0.227. The van der Waals surface area contributed by atoms with Crippen molar-refractivity contribution in [3.63, 3.8) is 0 Å². The van der Waals surface area contributed by atoms with Crippen molar-refractivity contribution < 1.29 is 13.7 Å². The first-order chi connectivity index (χ1) is 12.6. The van der Waals surface area contributed by atoms with Gasteiger partial charge in [-0.2, -0.15) is 4.57 Å². The fourth-order valence-corrected chi connectivity index (χ4v) is 3.30. The van der Waals surface area contributed by atoms with Gasteiger partial charge in [-0.3, -0.25) is 0 Å². The van der Waals surface area contributed by atoms with E-state index in [0.717, 1.165) is 40.9 Å². The molecule has 2 heterocycles. The number of fused-ring (bicyclic) bond motifs is 2. The zero-order valence-corrected chi connectivity index (χ0v) is 15.6. The minimum atomic E-state index is 0.803. The number of allylic oxidation sites excluding steroid dienone is 2. The van der Waals surface area contributed by atoms with Gasteiger partial charge in [0.2, 0.25) is 11.5 Å². The predicted molar refractivity (Wildman–Crippen MR) is 104 cm³/mol. The molecule has 0 bridgehead atoms. The van der Waals surface area contributed by atoms with Gasteiger partial charge in [0.1, 0.15) is 7.05 Å². The van der Waals surface area contributed by atoms with Crippen molar-refractivity contribution in [3.8, 4) is 5.75 Å². The molecule has 0 saturated carbocycles. The molecule has 0 fully saturated rings. The average Bonchev–Trinajstić information content (AvgIpc) is 3.12. The molecule has 4 heteroatoms. The van der Waals surface area contributed by atoms with Gasteiger partial charge in [-0.1, -0.05) is 12.1 Å². The Labute approximate surface area is 153 Å². The molecule has 0 spiro atoms. The number of rotatable bonds is 3. The van der Waals surface area contributed by atoms with Crippen LogP contribution in [0, 0.1) is 13.8 Å². The van der Waals surface area contributed by atoms with Crippen molar-refractivity contribution in [1.82, 2.24) is 0 Å². The summed E-state index contributed by atoms with van der Waals surface area (Å²) in [5.74, 6) is 2.54. The Bertz CT molecular complexity index is 1040. The van der Waals surface area contributed by atoms with E-state index in [2.05, 4.69) is 54.5 Å². The van der Waals surface area contributed by atoms with Gasteiger partial charge in [0.05, 0.1) is 11.8 Å². The minimum Gasteiger partial charge on any atom is -0.439 e. The summed E-state index contributed by atoms with van der Waals surface area (Å²) < 4.78 is 14.0. The van der Waals surface area contributed by atoms with Gasteiger partial charge < -0.3 is 14.1 Å². The lowest BCUT2D eigenvalue weighted by molar-refractivity contribution is -0.652. The van der Waals surface area contributed by atoms with Crippen LogP contribution in [0.4, 0.5) is 5.69 Å². The zero-order chi connectivity index (χ0) is 18.3. The Hall–Kier alpha value is -3.01. The smallest absolute Gasteiger partial charge is 0.373 e. The molecule has 1 aliphatic heterocycles. The topological polar surface area (TPSA) is 29.5 Å². The van der Waals surface area contributed by atoms with E-state index >= 15 is 0 Å². The second-order valence-corrected chi connectivity index (χ2v) is 6.65. The van der Waals surface area contributed by atoms with E-state index in [4.69, 9.17) is 9.15 Å². The van der Waals surface area contributed by atoms with E-state index in [9.17, 15) is 0 Å². The maximum Gasteiger partial charge on any atom is 0.373 e. The number of ether oxygens (including phenoxy) is 1. The number of hydrogen-bond acceptors (Lipinski definition) is 3. The first-order valence-corrected chi connectivity index (χ1v) is 8.90. The molecule has 0 saturated heterocycles. The molecule has 4 rings (SSSR count). The maximum absolute atomic E-state index is 6.01. The summed E-state index contributed by atoms with van der Waals surface area (Å²) in [6.07, 6.45) is 5.92. The van der Waals surface area contributed by atoms with E-state index in [1.165, 1.54) is 11.1 Å². The highest BCUT2D eigenvalue weighted by molar-refractivity contribution is 5.71. The van der Waals surface area contributed by atoms with E-state index in [1.54, 1.807) is 0 Å². The summed E-state index contributed by atoms with van der Waals surface area (Å²) in [4.78, 5) is 2.18. The van der Waals surface area contributed by atoms with Crippen LogP contribution in [0.2, 0.25) is 0 Å². The quantitative estimate of drug-likeness (QED) is 0.646. The number of benzene rings is 2. The van der Waals surface area contributed by atoms with Crippen LogP contribution in [0.15, 0.2) is 58.9 Å². The van der Waals surface area contributed by atoms with Crippen LogP contribution < -0.4 is 14.2 Å². The highest BCUT2D eigenvalue weighted by atomic mass is 16.5. The zero-order valence-electron chi connectivity index (χ0n) is 15.6. The number of anilines is 1. The maximum atomic E-state index is 6.01. The van der Waals surface area contributed by atoms with Gasteiger partial charge in [-0.15, -0.1) is 0 Å². The Morgan fingerprint density at radius 2 is 1.85 bits per heavy atom. The normalized spacial score (nSPS) is 15.2. The van der Waals surface area contributed by atoms with E-state index in [1.807, 2.05) is 37.4 Å². The molecule has 132 valence electrons. The number of hydrogen-bond donors (Lipinski definition) is 0. The molecule has 0 amide bonds. The molecule has 0 N–H and O–H groups in total. The van der Waals surface area contributed by atoms with Crippen LogP contribution in [-0.2, 0) is 7.05 Å². The predicted octanol–water partition coefficient (Wildman–Crippen LogP) is 4.65. The van der Waals surface area contributed by atoms with Gasteiger partial charge in [-0.05, 0) is 62.2 Å². The first kappa shape index (κ1) is 16.5.